The minimum absolute atomic E-state index is 0.0586. The molecule has 6 nitrogen and oxygen atoms in total. The first-order valence-electron chi connectivity index (χ1n) is 7.65. The second-order valence-electron chi connectivity index (χ2n) is 6.06. The quantitative estimate of drug-likeness (QED) is 0.821. The Hall–Kier alpha value is -2.15. The van der Waals surface area contributed by atoms with Crippen molar-refractivity contribution in [3.8, 4) is 0 Å². The summed E-state index contributed by atoms with van der Waals surface area (Å²) in [6.07, 6.45) is 0.466. The molecule has 7 heteroatoms. The largest absolute Gasteiger partial charge is 0.453 e. The monoisotopic (exact) mass is 351 g/mol. The number of aryl methyl sites for hydroxylation is 2. The molecule has 1 heterocycles. The molecule has 130 valence electrons. The zero-order chi connectivity index (χ0) is 17.9. The first-order valence-corrected chi connectivity index (χ1v) is 9.36. The number of amides is 1. The number of rotatable bonds is 5. The van der Waals surface area contributed by atoms with Gasteiger partial charge in [0.15, 0.2) is 15.9 Å². The number of benzene rings is 1. The molecule has 0 aliphatic carbocycles. The van der Waals surface area contributed by atoms with E-state index in [1.807, 2.05) is 26.0 Å². The summed E-state index contributed by atoms with van der Waals surface area (Å²) >= 11 is 0. The maximum Gasteiger partial charge on any atom is 0.307 e. The SMILES string of the molecule is Cc1ccc(NC(=O)[C@@H](C)OC(=O)C[C@H]2C=CS(=O)(=O)C2)c(C)c1. The van der Waals surface area contributed by atoms with Crippen molar-refractivity contribution in [1.29, 1.82) is 0 Å². The molecule has 1 N–H and O–H groups in total. The van der Waals surface area contributed by atoms with Gasteiger partial charge in [0.1, 0.15) is 0 Å². The third kappa shape index (κ3) is 4.92. The molecule has 1 aliphatic rings. The first kappa shape index (κ1) is 18.2. The Morgan fingerprint density at radius 3 is 2.62 bits per heavy atom. The van der Waals surface area contributed by atoms with E-state index in [2.05, 4.69) is 5.32 Å². The van der Waals surface area contributed by atoms with Crippen LogP contribution in [0.25, 0.3) is 0 Å². The summed E-state index contributed by atoms with van der Waals surface area (Å²) in [7, 11) is -3.20. The van der Waals surface area contributed by atoms with Gasteiger partial charge in [0.2, 0.25) is 0 Å². The highest BCUT2D eigenvalue weighted by Crippen LogP contribution is 2.20. The lowest BCUT2D eigenvalue weighted by molar-refractivity contribution is -0.153. The Bertz CT molecular complexity index is 782. The van der Waals surface area contributed by atoms with Crippen LogP contribution in [0.4, 0.5) is 5.69 Å². The van der Waals surface area contributed by atoms with Crippen LogP contribution in [-0.4, -0.2) is 32.2 Å². The number of nitrogens with one attached hydrogen (secondary N) is 1. The number of hydrogen-bond acceptors (Lipinski definition) is 5. The molecule has 1 aliphatic heterocycles. The Balaban J connectivity index is 1.87. The van der Waals surface area contributed by atoms with Gasteiger partial charge in [0.05, 0.1) is 12.2 Å². The van der Waals surface area contributed by atoms with E-state index in [1.165, 1.54) is 13.0 Å². The summed E-state index contributed by atoms with van der Waals surface area (Å²) in [5.41, 5.74) is 2.67. The molecule has 0 spiro atoms. The van der Waals surface area contributed by atoms with Gasteiger partial charge in [-0.2, -0.15) is 0 Å². The van der Waals surface area contributed by atoms with Gasteiger partial charge in [-0.25, -0.2) is 8.42 Å². The van der Waals surface area contributed by atoms with Gasteiger partial charge in [-0.3, -0.25) is 9.59 Å². The molecule has 1 aromatic carbocycles. The molecule has 0 bridgehead atoms. The van der Waals surface area contributed by atoms with Crippen LogP contribution >= 0.6 is 0 Å². The van der Waals surface area contributed by atoms with Crippen LogP contribution in [0.3, 0.4) is 0 Å². The Morgan fingerprint density at radius 2 is 2.04 bits per heavy atom. The van der Waals surface area contributed by atoms with E-state index in [0.717, 1.165) is 16.5 Å². The van der Waals surface area contributed by atoms with Gasteiger partial charge in [0.25, 0.3) is 5.91 Å². The molecule has 0 saturated heterocycles. The van der Waals surface area contributed by atoms with Crippen LogP contribution < -0.4 is 5.32 Å². The van der Waals surface area contributed by atoms with E-state index in [4.69, 9.17) is 4.74 Å². The van der Waals surface area contributed by atoms with E-state index in [9.17, 15) is 18.0 Å². The molecule has 0 unspecified atom stereocenters. The van der Waals surface area contributed by atoms with Crippen LogP contribution in [-0.2, 0) is 24.2 Å². The number of hydrogen-bond donors (Lipinski definition) is 1. The van der Waals surface area contributed by atoms with Crippen LogP contribution in [0, 0.1) is 19.8 Å². The van der Waals surface area contributed by atoms with Gasteiger partial charge in [-0.05, 0) is 32.4 Å². The molecule has 0 aromatic heterocycles. The third-order valence-corrected chi connectivity index (χ3v) is 5.22. The van der Waals surface area contributed by atoms with Crippen LogP contribution in [0.1, 0.15) is 24.5 Å². The maximum atomic E-state index is 12.1. The van der Waals surface area contributed by atoms with Crippen LogP contribution in [0.5, 0.6) is 0 Å². The van der Waals surface area contributed by atoms with Gasteiger partial charge < -0.3 is 10.1 Å². The number of carbonyl (C=O) groups excluding carboxylic acids is 2. The molecule has 0 saturated carbocycles. The highest BCUT2D eigenvalue weighted by Gasteiger charge is 2.26. The van der Waals surface area contributed by atoms with Crippen molar-refractivity contribution >= 4 is 27.4 Å². The molecular formula is C17H21NO5S. The second-order valence-corrected chi connectivity index (χ2v) is 7.99. The third-order valence-electron chi connectivity index (χ3n) is 3.75. The molecule has 1 aromatic rings. The number of anilines is 1. The smallest absolute Gasteiger partial charge is 0.307 e. The Morgan fingerprint density at radius 1 is 1.33 bits per heavy atom. The molecule has 2 atom stereocenters. The summed E-state index contributed by atoms with van der Waals surface area (Å²) in [6, 6.07) is 5.62. The highest BCUT2D eigenvalue weighted by atomic mass is 32.2. The predicted molar refractivity (Wildman–Crippen MR) is 91.1 cm³/mol. The molecule has 24 heavy (non-hydrogen) atoms. The summed E-state index contributed by atoms with van der Waals surface area (Å²) in [5, 5.41) is 3.84. The summed E-state index contributed by atoms with van der Waals surface area (Å²) in [4.78, 5) is 24.0. The fourth-order valence-electron chi connectivity index (χ4n) is 2.47. The lowest BCUT2D eigenvalue weighted by Gasteiger charge is -2.15. The van der Waals surface area contributed by atoms with E-state index in [0.29, 0.717) is 5.69 Å². The van der Waals surface area contributed by atoms with Crippen LogP contribution in [0.2, 0.25) is 0 Å². The average molecular weight is 351 g/mol. The fourth-order valence-corrected chi connectivity index (χ4v) is 3.87. The predicted octanol–water partition coefficient (Wildman–Crippen LogP) is 2.12. The minimum atomic E-state index is -3.20. The lowest BCUT2D eigenvalue weighted by atomic mass is 10.1. The van der Waals surface area contributed by atoms with E-state index < -0.39 is 33.7 Å². The minimum Gasteiger partial charge on any atom is -0.453 e. The Kier molecular flexibility index (Phi) is 5.43. The summed E-state index contributed by atoms with van der Waals surface area (Å²) in [6.45, 7) is 5.32. The summed E-state index contributed by atoms with van der Waals surface area (Å²) < 4.78 is 27.7. The number of carbonyl (C=O) groups is 2. The number of ether oxygens (including phenoxy) is 1. The molecule has 2 rings (SSSR count). The van der Waals surface area contributed by atoms with Gasteiger partial charge in [0, 0.05) is 17.0 Å². The van der Waals surface area contributed by atoms with Crippen LogP contribution in [0.15, 0.2) is 29.7 Å². The van der Waals surface area contributed by atoms with Gasteiger partial charge >= 0.3 is 5.97 Å². The van der Waals surface area contributed by atoms with Crippen molar-refractivity contribution in [1.82, 2.24) is 0 Å². The zero-order valence-corrected chi connectivity index (χ0v) is 14.7. The first-order chi connectivity index (χ1) is 11.2. The second kappa shape index (κ2) is 7.17. The number of allylic oxidation sites excluding steroid dienone is 1. The van der Waals surface area contributed by atoms with Crippen molar-refractivity contribution in [3.05, 3.63) is 40.8 Å². The number of esters is 1. The highest BCUT2D eigenvalue weighted by molar-refractivity contribution is 7.94. The lowest BCUT2D eigenvalue weighted by Crippen LogP contribution is -2.30. The fraction of sp³-hybridized carbons (Fsp3) is 0.412. The van der Waals surface area contributed by atoms with E-state index >= 15 is 0 Å². The zero-order valence-electron chi connectivity index (χ0n) is 13.9. The standard InChI is InChI=1S/C17H21NO5S/c1-11-4-5-15(12(2)8-11)18-17(20)13(3)23-16(19)9-14-6-7-24(21,22)10-14/h4-8,13-14H,9-10H2,1-3H3,(H,18,20)/t13-,14-/m1/s1. The normalized spacial score (nSPS) is 19.7. The molecule has 1 amide bonds. The molecular weight excluding hydrogens is 330 g/mol. The molecule has 0 fully saturated rings. The summed E-state index contributed by atoms with van der Waals surface area (Å²) in [5.74, 6) is -1.50. The van der Waals surface area contributed by atoms with Gasteiger partial charge in [-0.15, -0.1) is 0 Å². The molecule has 0 radical (unpaired) electrons. The van der Waals surface area contributed by atoms with Gasteiger partial charge in [-0.1, -0.05) is 23.8 Å². The van der Waals surface area contributed by atoms with Crippen molar-refractivity contribution in [3.63, 3.8) is 0 Å². The maximum absolute atomic E-state index is 12.1. The Labute approximate surface area is 141 Å². The van der Waals surface area contributed by atoms with Crippen molar-refractivity contribution in [2.75, 3.05) is 11.1 Å². The average Bonchev–Trinajstić information content (AvgIpc) is 2.80. The topological polar surface area (TPSA) is 89.5 Å². The van der Waals surface area contributed by atoms with Crippen molar-refractivity contribution in [2.24, 2.45) is 5.92 Å². The number of sulfone groups is 1. The van der Waals surface area contributed by atoms with Crippen molar-refractivity contribution in [2.45, 2.75) is 33.3 Å². The van der Waals surface area contributed by atoms with Crippen molar-refractivity contribution < 1.29 is 22.7 Å². The van der Waals surface area contributed by atoms with E-state index in [-0.39, 0.29) is 12.2 Å². The van der Waals surface area contributed by atoms with E-state index in [1.54, 1.807) is 6.07 Å².